The van der Waals surface area contributed by atoms with Crippen molar-refractivity contribution < 1.29 is 35.2 Å². The van der Waals surface area contributed by atoms with Crippen molar-refractivity contribution in [2.45, 2.75) is 16.7 Å². The Labute approximate surface area is 183 Å². The maximum atomic E-state index is 12.7. The van der Waals surface area contributed by atoms with E-state index in [1.165, 1.54) is 24.3 Å². The van der Waals surface area contributed by atoms with E-state index in [9.17, 15) is 31.0 Å². The Kier molecular flexibility index (Phi) is 5.12. The second-order valence-corrected chi connectivity index (χ2v) is 9.88. The van der Waals surface area contributed by atoms with Crippen LogP contribution in [0.15, 0.2) is 76.5 Å². The van der Waals surface area contributed by atoms with Gasteiger partial charge in [-0.25, -0.2) is 4.90 Å². The average molecular weight is 473 g/mol. The summed E-state index contributed by atoms with van der Waals surface area (Å²) < 4.78 is 63.8. The molecule has 0 unspecified atom stereocenters. The number of rotatable bonds is 5. The molecule has 4 rings (SSSR count). The second kappa shape index (κ2) is 7.55. The van der Waals surface area contributed by atoms with Crippen LogP contribution in [-0.2, 0) is 20.2 Å². The number of imide groups is 1. The molecule has 0 saturated carbocycles. The molecule has 9 nitrogen and oxygen atoms in total. The van der Waals surface area contributed by atoms with Crippen LogP contribution in [0.1, 0.15) is 26.3 Å². The Morgan fingerprint density at radius 2 is 1.38 bits per heavy atom. The summed E-state index contributed by atoms with van der Waals surface area (Å²) in [6, 6.07) is 14.5. The molecule has 0 aromatic heterocycles. The average Bonchev–Trinajstić information content (AvgIpc) is 2.98. The van der Waals surface area contributed by atoms with Crippen LogP contribution < -0.4 is 9.08 Å². The van der Waals surface area contributed by atoms with Crippen molar-refractivity contribution in [1.82, 2.24) is 0 Å². The van der Waals surface area contributed by atoms with Gasteiger partial charge in [0.2, 0.25) is 0 Å². The Morgan fingerprint density at radius 3 is 1.91 bits per heavy atom. The van der Waals surface area contributed by atoms with Crippen LogP contribution in [-0.4, -0.2) is 33.2 Å². The molecule has 2 amide bonds. The first-order chi connectivity index (χ1) is 15.0. The lowest BCUT2D eigenvalue weighted by Crippen LogP contribution is -2.30. The first-order valence-electron chi connectivity index (χ1n) is 9.09. The molecule has 0 bridgehead atoms. The second-order valence-electron chi connectivity index (χ2n) is 6.95. The topological polar surface area (TPSA) is 135 Å². The van der Waals surface area contributed by atoms with E-state index in [1.807, 2.05) is 0 Å². The molecule has 0 saturated heterocycles. The molecule has 0 aliphatic carbocycles. The fraction of sp³-hybridized carbons (Fsp3) is 0.0476. The van der Waals surface area contributed by atoms with Crippen LogP contribution >= 0.6 is 0 Å². The minimum atomic E-state index is -4.97. The van der Waals surface area contributed by atoms with Crippen molar-refractivity contribution in [1.29, 1.82) is 0 Å². The van der Waals surface area contributed by atoms with Crippen molar-refractivity contribution in [3.63, 3.8) is 0 Å². The summed E-state index contributed by atoms with van der Waals surface area (Å²) in [6.45, 7) is 1.77. The number of carbonyl (C=O) groups excluding carboxylic acids is 2. The number of benzene rings is 3. The summed E-state index contributed by atoms with van der Waals surface area (Å²) in [5.41, 5.74) is 0.531. The van der Waals surface area contributed by atoms with Crippen LogP contribution in [0.3, 0.4) is 0 Å². The molecule has 11 heteroatoms. The number of anilines is 1. The lowest BCUT2D eigenvalue weighted by atomic mass is 10.1. The van der Waals surface area contributed by atoms with Gasteiger partial charge in [-0.05, 0) is 43.3 Å². The van der Waals surface area contributed by atoms with Gasteiger partial charge in [0.05, 0.1) is 16.8 Å². The highest BCUT2D eigenvalue weighted by molar-refractivity contribution is 7.87. The monoisotopic (exact) mass is 473 g/mol. The predicted octanol–water partition coefficient (Wildman–Crippen LogP) is 2.81. The van der Waals surface area contributed by atoms with Crippen LogP contribution in [0.25, 0.3) is 0 Å². The third kappa shape index (κ3) is 3.77. The lowest BCUT2D eigenvalue weighted by molar-refractivity contribution is 0.0925. The molecule has 0 radical (unpaired) electrons. The quantitative estimate of drug-likeness (QED) is 0.340. The van der Waals surface area contributed by atoms with Gasteiger partial charge in [-0.3, -0.25) is 14.1 Å². The number of aryl methyl sites for hydroxylation is 1. The zero-order valence-corrected chi connectivity index (χ0v) is 18.1. The number of hydrogen-bond acceptors (Lipinski definition) is 7. The number of hydrogen-bond donors (Lipinski definition) is 1. The molecule has 0 atom stereocenters. The van der Waals surface area contributed by atoms with Gasteiger partial charge in [0.15, 0.2) is 0 Å². The first kappa shape index (κ1) is 21.7. The molecule has 1 N–H and O–H groups in total. The number of amides is 2. The number of fused-ring (bicyclic) bond motifs is 1. The van der Waals surface area contributed by atoms with Crippen molar-refractivity contribution in [2.24, 2.45) is 0 Å². The minimum Gasteiger partial charge on any atom is -0.379 e. The Balaban J connectivity index is 1.77. The van der Waals surface area contributed by atoms with Crippen molar-refractivity contribution in [2.75, 3.05) is 4.90 Å². The zero-order valence-electron chi connectivity index (χ0n) is 16.4. The Bertz CT molecular complexity index is 1440. The summed E-state index contributed by atoms with van der Waals surface area (Å²) >= 11 is 0. The predicted molar refractivity (Wildman–Crippen MR) is 113 cm³/mol. The molecule has 0 spiro atoms. The number of nitrogens with zero attached hydrogens (tertiary/aromatic N) is 1. The van der Waals surface area contributed by atoms with Gasteiger partial charge in [0, 0.05) is 6.07 Å². The van der Waals surface area contributed by atoms with E-state index in [0.717, 1.165) is 23.8 Å². The summed E-state index contributed by atoms with van der Waals surface area (Å²) in [7, 11) is -9.29. The van der Waals surface area contributed by atoms with Gasteiger partial charge in [-0.1, -0.05) is 29.8 Å². The molecule has 3 aromatic carbocycles. The van der Waals surface area contributed by atoms with E-state index < -0.39 is 48.4 Å². The van der Waals surface area contributed by atoms with Crippen molar-refractivity contribution in [3.8, 4) is 5.75 Å². The normalized spacial score (nSPS) is 13.9. The molecular formula is C21H15NO8S2. The van der Waals surface area contributed by atoms with Gasteiger partial charge < -0.3 is 4.18 Å². The standard InChI is InChI=1S/C21H15NO8S2/c1-13-6-9-15(10-7-13)32(28,29)30-14-8-11-18(19(12-14)31(25,26)27)22-20(23)16-4-2-3-5-17(16)21(22)24/h2-12H,1H3,(H,25,26,27). The third-order valence-electron chi connectivity index (χ3n) is 4.76. The summed E-state index contributed by atoms with van der Waals surface area (Å²) in [4.78, 5) is 25.0. The van der Waals surface area contributed by atoms with Crippen LogP contribution in [0.4, 0.5) is 5.69 Å². The smallest absolute Gasteiger partial charge is 0.339 e. The van der Waals surface area contributed by atoms with Crippen LogP contribution in [0.5, 0.6) is 5.75 Å². The van der Waals surface area contributed by atoms with Gasteiger partial charge in [-0.15, -0.1) is 0 Å². The molecule has 1 aliphatic heterocycles. The van der Waals surface area contributed by atoms with E-state index in [0.29, 0.717) is 4.90 Å². The lowest BCUT2D eigenvalue weighted by Gasteiger charge is -2.18. The number of carbonyl (C=O) groups is 2. The van der Waals surface area contributed by atoms with Crippen LogP contribution in [0, 0.1) is 6.92 Å². The van der Waals surface area contributed by atoms with Crippen molar-refractivity contribution >= 4 is 37.7 Å². The first-order valence-corrected chi connectivity index (χ1v) is 11.9. The SMILES string of the molecule is Cc1ccc(S(=O)(=O)Oc2ccc(N3C(=O)c4ccccc4C3=O)c(S(=O)(=O)O)c2)cc1. The van der Waals surface area contributed by atoms with Crippen LogP contribution in [0.2, 0.25) is 0 Å². The van der Waals surface area contributed by atoms with Gasteiger partial charge in [0.25, 0.3) is 21.9 Å². The van der Waals surface area contributed by atoms with Gasteiger partial charge in [-0.2, -0.15) is 16.8 Å². The van der Waals surface area contributed by atoms with E-state index in [-0.39, 0.29) is 16.0 Å². The minimum absolute atomic E-state index is 0.0704. The Hall–Kier alpha value is -3.54. The van der Waals surface area contributed by atoms with E-state index in [1.54, 1.807) is 31.2 Å². The summed E-state index contributed by atoms with van der Waals surface area (Å²) in [6.07, 6.45) is 0. The van der Waals surface area contributed by atoms with E-state index in [4.69, 9.17) is 4.18 Å². The molecule has 164 valence electrons. The van der Waals surface area contributed by atoms with Gasteiger partial charge >= 0.3 is 10.1 Å². The van der Waals surface area contributed by atoms with E-state index >= 15 is 0 Å². The highest BCUT2D eigenvalue weighted by Gasteiger charge is 2.39. The molecule has 32 heavy (non-hydrogen) atoms. The molecule has 0 fully saturated rings. The van der Waals surface area contributed by atoms with E-state index in [2.05, 4.69) is 0 Å². The fourth-order valence-electron chi connectivity index (χ4n) is 3.23. The highest BCUT2D eigenvalue weighted by atomic mass is 32.2. The Morgan fingerprint density at radius 1 is 0.812 bits per heavy atom. The maximum Gasteiger partial charge on any atom is 0.339 e. The van der Waals surface area contributed by atoms with Gasteiger partial charge in [0.1, 0.15) is 15.5 Å². The largest absolute Gasteiger partial charge is 0.379 e. The third-order valence-corrected chi connectivity index (χ3v) is 6.90. The molecular weight excluding hydrogens is 458 g/mol. The molecule has 1 heterocycles. The van der Waals surface area contributed by atoms with Crippen molar-refractivity contribution in [3.05, 3.63) is 83.4 Å². The molecule has 3 aromatic rings. The highest BCUT2D eigenvalue weighted by Crippen LogP contribution is 2.35. The fourth-order valence-corrected chi connectivity index (χ4v) is 4.84. The zero-order chi connectivity index (χ0) is 23.3. The molecule has 1 aliphatic rings. The summed E-state index contributed by atoms with van der Waals surface area (Å²) in [5, 5.41) is 0. The summed E-state index contributed by atoms with van der Waals surface area (Å²) in [5.74, 6) is -1.99. The maximum absolute atomic E-state index is 12.7.